The van der Waals surface area contributed by atoms with Gasteiger partial charge in [-0.2, -0.15) is 0 Å². The first-order valence-corrected chi connectivity index (χ1v) is 11.3. The number of anilines is 1. The highest BCUT2D eigenvalue weighted by molar-refractivity contribution is 7.99. The van der Waals surface area contributed by atoms with Crippen LogP contribution < -0.4 is 10.9 Å². The van der Waals surface area contributed by atoms with Gasteiger partial charge in [-0.3, -0.25) is 14.2 Å². The fourth-order valence-electron chi connectivity index (χ4n) is 3.15. The van der Waals surface area contributed by atoms with Crippen LogP contribution in [0.4, 0.5) is 5.69 Å². The smallest absolute Gasteiger partial charge is 0.263 e. The van der Waals surface area contributed by atoms with E-state index in [1.54, 1.807) is 16.9 Å². The molecular formula is C22H21N3O3S2. The van der Waals surface area contributed by atoms with Gasteiger partial charge in [0.2, 0.25) is 5.91 Å². The topological polar surface area (TPSA) is 77.1 Å². The van der Waals surface area contributed by atoms with E-state index >= 15 is 0 Å². The molecular weight excluding hydrogens is 418 g/mol. The first kappa shape index (κ1) is 20.4. The first-order valence-electron chi connectivity index (χ1n) is 9.45. The SMILES string of the molecule is Cc1ccccc1NC(=O)CSc1nc2sc(C)c(C)c2c(=O)n1Cc1ccco1. The number of thioether (sulfide) groups is 1. The molecule has 0 radical (unpaired) electrons. The minimum absolute atomic E-state index is 0.111. The van der Waals surface area contributed by atoms with E-state index in [1.165, 1.54) is 23.1 Å². The quantitative estimate of drug-likeness (QED) is 0.346. The van der Waals surface area contributed by atoms with Gasteiger partial charge in [0.25, 0.3) is 5.56 Å². The number of benzene rings is 1. The predicted octanol–water partition coefficient (Wildman–Crippen LogP) is 4.76. The normalized spacial score (nSPS) is 11.2. The zero-order valence-electron chi connectivity index (χ0n) is 16.9. The van der Waals surface area contributed by atoms with Crippen LogP contribution in [0.15, 0.2) is 57.0 Å². The molecule has 0 saturated carbocycles. The van der Waals surface area contributed by atoms with Crippen molar-refractivity contribution in [1.29, 1.82) is 0 Å². The summed E-state index contributed by atoms with van der Waals surface area (Å²) in [5, 5.41) is 4.06. The monoisotopic (exact) mass is 439 g/mol. The van der Waals surface area contributed by atoms with Crippen molar-refractivity contribution in [2.75, 3.05) is 11.1 Å². The molecule has 30 heavy (non-hydrogen) atoms. The Hall–Kier alpha value is -2.84. The summed E-state index contributed by atoms with van der Waals surface area (Å²) in [6, 6.07) is 11.2. The lowest BCUT2D eigenvalue weighted by Gasteiger charge is -2.12. The van der Waals surface area contributed by atoms with E-state index in [0.29, 0.717) is 21.1 Å². The number of para-hydroxylation sites is 1. The van der Waals surface area contributed by atoms with E-state index in [2.05, 4.69) is 5.32 Å². The Morgan fingerprint density at radius 1 is 1.20 bits per heavy atom. The molecule has 0 spiro atoms. The summed E-state index contributed by atoms with van der Waals surface area (Å²) in [6.45, 7) is 6.14. The third kappa shape index (κ3) is 4.06. The highest BCUT2D eigenvalue weighted by Gasteiger charge is 2.18. The van der Waals surface area contributed by atoms with Crippen molar-refractivity contribution in [3.63, 3.8) is 0 Å². The van der Waals surface area contributed by atoms with Crippen LogP contribution in [-0.2, 0) is 11.3 Å². The molecule has 0 aliphatic rings. The maximum Gasteiger partial charge on any atom is 0.263 e. The van der Waals surface area contributed by atoms with Crippen molar-refractivity contribution in [3.8, 4) is 0 Å². The van der Waals surface area contributed by atoms with Crippen LogP contribution >= 0.6 is 23.1 Å². The van der Waals surface area contributed by atoms with E-state index < -0.39 is 0 Å². The lowest BCUT2D eigenvalue weighted by atomic mass is 10.2. The van der Waals surface area contributed by atoms with Crippen LogP contribution in [0.25, 0.3) is 10.2 Å². The van der Waals surface area contributed by atoms with Crippen LogP contribution in [0.1, 0.15) is 21.8 Å². The molecule has 0 fully saturated rings. The maximum absolute atomic E-state index is 13.3. The van der Waals surface area contributed by atoms with Gasteiger partial charge in [0.05, 0.1) is 23.9 Å². The summed E-state index contributed by atoms with van der Waals surface area (Å²) in [6.07, 6.45) is 1.58. The molecule has 0 saturated heterocycles. The van der Waals surface area contributed by atoms with Gasteiger partial charge >= 0.3 is 0 Å². The number of furan rings is 1. The second-order valence-electron chi connectivity index (χ2n) is 6.98. The lowest BCUT2D eigenvalue weighted by Crippen LogP contribution is -2.24. The molecule has 1 amide bonds. The van der Waals surface area contributed by atoms with Crippen molar-refractivity contribution in [2.45, 2.75) is 32.5 Å². The van der Waals surface area contributed by atoms with Crippen molar-refractivity contribution in [3.05, 3.63) is 74.8 Å². The average Bonchev–Trinajstić information content (AvgIpc) is 3.33. The zero-order valence-corrected chi connectivity index (χ0v) is 18.5. The first-order chi connectivity index (χ1) is 14.4. The zero-order chi connectivity index (χ0) is 21.3. The second-order valence-corrected chi connectivity index (χ2v) is 9.13. The van der Waals surface area contributed by atoms with Gasteiger partial charge in [0.1, 0.15) is 10.6 Å². The summed E-state index contributed by atoms with van der Waals surface area (Å²) in [7, 11) is 0. The molecule has 3 heterocycles. The second kappa shape index (κ2) is 8.49. The minimum Gasteiger partial charge on any atom is -0.467 e. The molecule has 1 aromatic carbocycles. The largest absolute Gasteiger partial charge is 0.467 e. The van der Waals surface area contributed by atoms with Crippen molar-refractivity contribution < 1.29 is 9.21 Å². The predicted molar refractivity (Wildman–Crippen MR) is 122 cm³/mol. The number of nitrogens with one attached hydrogen (secondary N) is 1. The highest BCUT2D eigenvalue weighted by atomic mass is 32.2. The van der Waals surface area contributed by atoms with Gasteiger partial charge < -0.3 is 9.73 Å². The van der Waals surface area contributed by atoms with Crippen LogP contribution in [0.2, 0.25) is 0 Å². The van der Waals surface area contributed by atoms with Crippen molar-refractivity contribution >= 4 is 44.9 Å². The van der Waals surface area contributed by atoms with Gasteiger partial charge in [-0.25, -0.2) is 4.98 Å². The van der Waals surface area contributed by atoms with Gasteiger partial charge in [0.15, 0.2) is 5.16 Å². The third-order valence-electron chi connectivity index (χ3n) is 4.90. The number of nitrogens with zero attached hydrogens (tertiary/aromatic N) is 2. The molecule has 6 nitrogen and oxygen atoms in total. The van der Waals surface area contributed by atoms with E-state index in [4.69, 9.17) is 9.40 Å². The summed E-state index contributed by atoms with van der Waals surface area (Å²) in [5.41, 5.74) is 2.62. The summed E-state index contributed by atoms with van der Waals surface area (Å²) in [5.74, 6) is 0.661. The summed E-state index contributed by atoms with van der Waals surface area (Å²) in [4.78, 5) is 32.3. The van der Waals surface area contributed by atoms with E-state index in [9.17, 15) is 9.59 Å². The molecule has 0 aliphatic carbocycles. The molecule has 1 N–H and O–H groups in total. The fourth-order valence-corrected chi connectivity index (χ4v) is 5.02. The molecule has 4 rings (SSSR count). The van der Waals surface area contributed by atoms with Crippen molar-refractivity contribution in [2.24, 2.45) is 0 Å². The van der Waals surface area contributed by atoms with Gasteiger partial charge in [-0.15, -0.1) is 11.3 Å². The standard InChI is InChI=1S/C22H21N3O3S2/c1-13-7-4-5-9-17(13)23-18(26)12-29-22-24-20-19(14(2)15(3)30-20)21(27)25(22)11-16-8-6-10-28-16/h4-10H,11-12H2,1-3H3,(H,23,26). The van der Waals surface area contributed by atoms with Crippen LogP contribution in [-0.4, -0.2) is 21.2 Å². The molecule has 154 valence electrons. The number of aromatic nitrogens is 2. The fraction of sp³-hybridized carbons (Fsp3) is 0.227. The van der Waals surface area contributed by atoms with E-state index in [1.807, 2.05) is 51.1 Å². The number of rotatable bonds is 6. The molecule has 0 aliphatic heterocycles. The van der Waals surface area contributed by atoms with Crippen LogP contribution in [0, 0.1) is 20.8 Å². The molecule has 0 unspecified atom stereocenters. The third-order valence-corrected chi connectivity index (χ3v) is 6.98. The maximum atomic E-state index is 13.3. The summed E-state index contributed by atoms with van der Waals surface area (Å²) < 4.78 is 7.03. The number of thiophene rings is 1. The Balaban J connectivity index is 1.64. The van der Waals surface area contributed by atoms with Gasteiger partial charge in [-0.1, -0.05) is 30.0 Å². The Morgan fingerprint density at radius 3 is 2.73 bits per heavy atom. The molecule has 0 atom stereocenters. The van der Waals surface area contributed by atoms with Gasteiger partial charge in [0, 0.05) is 10.6 Å². The Bertz CT molecular complexity index is 1270. The number of carbonyl (C=O) groups excluding carboxylic acids is 1. The number of hydrogen-bond donors (Lipinski definition) is 1. The number of amides is 1. The average molecular weight is 440 g/mol. The highest BCUT2D eigenvalue weighted by Crippen LogP contribution is 2.29. The van der Waals surface area contributed by atoms with Crippen molar-refractivity contribution in [1.82, 2.24) is 9.55 Å². The number of carbonyl (C=O) groups is 1. The molecule has 3 aromatic heterocycles. The summed E-state index contributed by atoms with van der Waals surface area (Å²) >= 11 is 2.75. The Labute approximate surface area is 181 Å². The van der Waals surface area contributed by atoms with Crippen LogP contribution in [0.3, 0.4) is 0 Å². The molecule has 0 bridgehead atoms. The lowest BCUT2D eigenvalue weighted by molar-refractivity contribution is -0.113. The number of hydrogen-bond acceptors (Lipinski definition) is 6. The van der Waals surface area contributed by atoms with E-state index in [0.717, 1.165) is 21.7 Å². The van der Waals surface area contributed by atoms with E-state index in [-0.39, 0.29) is 23.8 Å². The Morgan fingerprint density at radius 2 is 2.00 bits per heavy atom. The van der Waals surface area contributed by atoms with Gasteiger partial charge in [-0.05, 0) is 50.1 Å². The minimum atomic E-state index is -0.147. The van der Waals surface area contributed by atoms with Crippen LogP contribution in [0.5, 0.6) is 0 Å². The Kier molecular flexibility index (Phi) is 5.78. The molecule has 4 aromatic rings. The number of aryl methyl sites for hydroxylation is 3. The number of fused-ring (bicyclic) bond motifs is 1. The molecule has 8 heteroatoms.